The van der Waals surface area contributed by atoms with Crippen LogP contribution in [0.3, 0.4) is 0 Å². The van der Waals surface area contributed by atoms with Crippen molar-refractivity contribution >= 4 is 17.9 Å². The summed E-state index contributed by atoms with van der Waals surface area (Å²) in [5, 5.41) is 2.94. The van der Waals surface area contributed by atoms with Crippen LogP contribution in [0, 0.1) is 5.92 Å². The average molecular weight is 392 g/mol. The Labute approximate surface area is 172 Å². The van der Waals surface area contributed by atoms with Gasteiger partial charge in [0, 0.05) is 43.7 Å². The molecule has 0 spiro atoms. The number of likely N-dealkylation sites (tertiary alicyclic amines) is 1. The van der Waals surface area contributed by atoms with Gasteiger partial charge in [-0.15, -0.1) is 0 Å². The number of carbonyl (C=O) groups is 2. The molecule has 1 aliphatic heterocycles. The number of hydrogen-bond acceptors (Lipinski definition) is 3. The SMILES string of the molecule is O=C(/C=C/c1ccncc1)NCCCCC1CCN(C(=O)c2ccccc2)CC1. The summed E-state index contributed by atoms with van der Waals surface area (Å²) in [5.41, 5.74) is 1.74. The Morgan fingerprint density at radius 2 is 1.76 bits per heavy atom. The van der Waals surface area contributed by atoms with Crippen LogP contribution >= 0.6 is 0 Å². The van der Waals surface area contributed by atoms with Crippen LogP contribution in [-0.4, -0.2) is 41.3 Å². The summed E-state index contributed by atoms with van der Waals surface area (Å²) in [7, 11) is 0. The maximum Gasteiger partial charge on any atom is 0.253 e. The van der Waals surface area contributed by atoms with E-state index in [9.17, 15) is 9.59 Å². The number of benzene rings is 1. The van der Waals surface area contributed by atoms with Crippen molar-refractivity contribution in [2.24, 2.45) is 5.92 Å². The Balaban J connectivity index is 1.27. The molecule has 0 bridgehead atoms. The molecule has 1 N–H and O–H groups in total. The minimum atomic E-state index is -0.0606. The van der Waals surface area contributed by atoms with Crippen molar-refractivity contribution in [3.63, 3.8) is 0 Å². The largest absolute Gasteiger partial charge is 0.353 e. The van der Waals surface area contributed by atoms with Crippen molar-refractivity contribution in [3.8, 4) is 0 Å². The van der Waals surface area contributed by atoms with Crippen LogP contribution in [0.15, 0.2) is 60.9 Å². The zero-order chi connectivity index (χ0) is 20.3. The van der Waals surface area contributed by atoms with Crippen LogP contribution in [-0.2, 0) is 4.79 Å². The summed E-state index contributed by atoms with van der Waals surface area (Å²) in [4.78, 5) is 30.3. The van der Waals surface area contributed by atoms with Gasteiger partial charge in [0.1, 0.15) is 0 Å². The number of amides is 2. The number of hydrogen-bond donors (Lipinski definition) is 1. The van der Waals surface area contributed by atoms with Gasteiger partial charge < -0.3 is 10.2 Å². The molecule has 1 aromatic carbocycles. The Morgan fingerprint density at radius 1 is 1.03 bits per heavy atom. The average Bonchev–Trinajstić information content (AvgIpc) is 2.79. The molecule has 152 valence electrons. The summed E-state index contributed by atoms with van der Waals surface area (Å²) in [6.07, 6.45) is 12.2. The Morgan fingerprint density at radius 3 is 2.48 bits per heavy atom. The number of pyridine rings is 1. The summed E-state index contributed by atoms with van der Waals surface area (Å²) >= 11 is 0. The molecular formula is C24H29N3O2. The molecule has 0 radical (unpaired) electrons. The molecule has 2 heterocycles. The number of unbranched alkanes of at least 4 members (excludes halogenated alkanes) is 1. The molecule has 0 unspecified atom stereocenters. The molecular weight excluding hydrogens is 362 g/mol. The molecule has 1 fully saturated rings. The van der Waals surface area contributed by atoms with Gasteiger partial charge in [-0.3, -0.25) is 14.6 Å². The van der Waals surface area contributed by atoms with E-state index in [1.54, 1.807) is 24.5 Å². The predicted molar refractivity (Wildman–Crippen MR) is 115 cm³/mol. The second kappa shape index (κ2) is 11.1. The monoisotopic (exact) mass is 391 g/mol. The van der Waals surface area contributed by atoms with Crippen LogP contribution in [0.25, 0.3) is 6.08 Å². The van der Waals surface area contributed by atoms with Gasteiger partial charge in [-0.25, -0.2) is 0 Å². The molecule has 1 saturated heterocycles. The number of aromatic nitrogens is 1. The zero-order valence-electron chi connectivity index (χ0n) is 16.8. The fraction of sp³-hybridized carbons (Fsp3) is 0.375. The van der Waals surface area contributed by atoms with Gasteiger partial charge in [0.25, 0.3) is 5.91 Å². The third-order valence-corrected chi connectivity index (χ3v) is 5.39. The van der Waals surface area contributed by atoms with Gasteiger partial charge in [0.2, 0.25) is 5.91 Å². The highest BCUT2D eigenvalue weighted by Gasteiger charge is 2.23. The molecule has 2 aromatic rings. The maximum atomic E-state index is 12.5. The third-order valence-electron chi connectivity index (χ3n) is 5.39. The van der Waals surface area contributed by atoms with Gasteiger partial charge in [-0.2, -0.15) is 0 Å². The van der Waals surface area contributed by atoms with E-state index in [-0.39, 0.29) is 11.8 Å². The van der Waals surface area contributed by atoms with Crippen LogP contribution in [0.1, 0.15) is 48.0 Å². The van der Waals surface area contributed by atoms with E-state index in [1.807, 2.05) is 47.4 Å². The topological polar surface area (TPSA) is 62.3 Å². The summed E-state index contributed by atoms with van der Waals surface area (Å²) in [5.74, 6) is 0.762. The highest BCUT2D eigenvalue weighted by atomic mass is 16.2. The van der Waals surface area contributed by atoms with E-state index >= 15 is 0 Å². The van der Waals surface area contributed by atoms with Gasteiger partial charge in [-0.1, -0.05) is 31.0 Å². The maximum absolute atomic E-state index is 12.5. The fourth-order valence-corrected chi connectivity index (χ4v) is 3.66. The summed E-state index contributed by atoms with van der Waals surface area (Å²) < 4.78 is 0. The lowest BCUT2D eigenvalue weighted by atomic mass is 9.91. The van der Waals surface area contributed by atoms with Crippen molar-refractivity contribution in [1.82, 2.24) is 15.2 Å². The van der Waals surface area contributed by atoms with Crippen molar-refractivity contribution in [1.29, 1.82) is 0 Å². The number of rotatable bonds is 8. The first-order valence-corrected chi connectivity index (χ1v) is 10.4. The predicted octanol–water partition coefficient (Wildman–Crippen LogP) is 3.93. The summed E-state index contributed by atoms with van der Waals surface area (Å²) in [6, 6.07) is 13.2. The first-order chi connectivity index (χ1) is 14.2. The van der Waals surface area contributed by atoms with E-state index < -0.39 is 0 Å². The second-order valence-corrected chi connectivity index (χ2v) is 7.50. The van der Waals surface area contributed by atoms with Crippen LogP contribution in [0.4, 0.5) is 0 Å². The molecule has 5 heteroatoms. The molecule has 1 aromatic heterocycles. The third kappa shape index (κ3) is 6.86. The number of nitrogens with one attached hydrogen (secondary N) is 1. The number of nitrogens with zero attached hydrogens (tertiary/aromatic N) is 2. The summed E-state index contributed by atoms with van der Waals surface area (Å²) in [6.45, 7) is 2.38. The highest BCUT2D eigenvalue weighted by Crippen LogP contribution is 2.23. The minimum absolute atomic E-state index is 0.0606. The highest BCUT2D eigenvalue weighted by molar-refractivity contribution is 5.94. The Kier molecular flexibility index (Phi) is 7.99. The molecule has 0 aliphatic carbocycles. The number of carbonyl (C=O) groups excluding carboxylic acids is 2. The van der Waals surface area contributed by atoms with Crippen molar-refractivity contribution in [3.05, 3.63) is 72.1 Å². The second-order valence-electron chi connectivity index (χ2n) is 7.50. The van der Waals surface area contributed by atoms with E-state index in [4.69, 9.17) is 0 Å². The Bertz CT molecular complexity index is 797. The molecule has 3 rings (SSSR count). The van der Waals surface area contributed by atoms with E-state index in [0.717, 1.165) is 56.3 Å². The smallest absolute Gasteiger partial charge is 0.253 e. The van der Waals surface area contributed by atoms with Crippen LogP contribution < -0.4 is 5.32 Å². The fourth-order valence-electron chi connectivity index (χ4n) is 3.66. The quantitative estimate of drug-likeness (QED) is 0.548. The van der Waals surface area contributed by atoms with Crippen molar-refractivity contribution in [2.45, 2.75) is 32.1 Å². The molecule has 5 nitrogen and oxygen atoms in total. The van der Waals surface area contributed by atoms with Gasteiger partial charge in [0.15, 0.2) is 0 Å². The van der Waals surface area contributed by atoms with Crippen molar-refractivity contribution < 1.29 is 9.59 Å². The van der Waals surface area contributed by atoms with Crippen molar-refractivity contribution in [2.75, 3.05) is 19.6 Å². The lowest BCUT2D eigenvalue weighted by Crippen LogP contribution is -2.38. The lowest BCUT2D eigenvalue weighted by Gasteiger charge is -2.32. The standard InChI is InChI=1S/C24H29N3O2/c28-23(10-9-21-11-16-25-17-12-21)26-15-5-4-6-20-13-18-27(19-14-20)24(29)22-7-2-1-3-8-22/h1-3,7-12,16-17,20H,4-6,13-15,18-19H2,(H,26,28)/b10-9+. The number of piperidine rings is 1. The van der Waals surface area contributed by atoms with E-state index in [0.29, 0.717) is 12.5 Å². The minimum Gasteiger partial charge on any atom is -0.353 e. The van der Waals surface area contributed by atoms with Crippen LogP contribution in [0.5, 0.6) is 0 Å². The first-order valence-electron chi connectivity index (χ1n) is 10.4. The van der Waals surface area contributed by atoms with Gasteiger partial charge in [-0.05, 0) is 61.1 Å². The van der Waals surface area contributed by atoms with Gasteiger partial charge >= 0.3 is 0 Å². The molecule has 1 aliphatic rings. The molecule has 2 amide bonds. The lowest BCUT2D eigenvalue weighted by molar-refractivity contribution is -0.116. The van der Waals surface area contributed by atoms with E-state index in [2.05, 4.69) is 10.3 Å². The molecule has 0 atom stereocenters. The normalized spacial score (nSPS) is 14.8. The zero-order valence-corrected chi connectivity index (χ0v) is 16.8. The molecule has 0 saturated carbocycles. The molecule has 29 heavy (non-hydrogen) atoms. The van der Waals surface area contributed by atoms with Gasteiger partial charge in [0.05, 0.1) is 0 Å². The first kappa shape index (κ1) is 20.8. The van der Waals surface area contributed by atoms with Crippen LogP contribution in [0.2, 0.25) is 0 Å². The Hall–Kier alpha value is -2.95. The van der Waals surface area contributed by atoms with E-state index in [1.165, 1.54) is 0 Å².